The molecule has 3 amide bonds. The van der Waals surface area contributed by atoms with Gasteiger partial charge >= 0.3 is 0 Å². The Morgan fingerprint density at radius 3 is 2.69 bits per heavy atom. The highest BCUT2D eigenvalue weighted by molar-refractivity contribution is 6.06. The smallest absolute Gasteiger partial charge is 0.255 e. The molecule has 3 heterocycles. The van der Waals surface area contributed by atoms with E-state index in [4.69, 9.17) is 5.73 Å². The number of fused-ring (bicyclic) bond motifs is 1. The molecule has 7 heteroatoms. The first-order chi connectivity index (χ1) is 14.0. The summed E-state index contributed by atoms with van der Waals surface area (Å²) in [4.78, 5) is 41.2. The van der Waals surface area contributed by atoms with Gasteiger partial charge in [-0.1, -0.05) is 18.2 Å². The third-order valence-electron chi connectivity index (χ3n) is 7.39. The fourth-order valence-electron chi connectivity index (χ4n) is 5.59. The summed E-state index contributed by atoms with van der Waals surface area (Å²) in [7, 11) is 0. The molecule has 1 aromatic rings. The molecule has 154 valence electrons. The Morgan fingerprint density at radius 2 is 1.97 bits per heavy atom. The lowest BCUT2D eigenvalue weighted by atomic mass is 9.69. The van der Waals surface area contributed by atoms with Crippen molar-refractivity contribution in [3.63, 3.8) is 0 Å². The Hall–Kier alpha value is -2.25. The summed E-state index contributed by atoms with van der Waals surface area (Å²) < 4.78 is 0. The van der Waals surface area contributed by atoms with Crippen LogP contribution in [0.25, 0.3) is 0 Å². The van der Waals surface area contributed by atoms with Gasteiger partial charge in [-0.05, 0) is 49.7 Å². The molecule has 2 unspecified atom stereocenters. The minimum absolute atomic E-state index is 0.0888. The minimum Gasteiger partial charge on any atom is -0.327 e. The number of hydrogen-bond donors (Lipinski definition) is 2. The number of nitrogens with two attached hydrogens (primary N) is 1. The lowest BCUT2D eigenvalue weighted by Crippen LogP contribution is -2.60. The summed E-state index contributed by atoms with van der Waals surface area (Å²) in [6, 6.07) is 5.64. The van der Waals surface area contributed by atoms with E-state index in [0.29, 0.717) is 13.0 Å². The van der Waals surface area contributed by atoms with Gasteiger partial charge in [-0.3, -0.25) is 24.6 Å². The summed E-state index contributed by atoms with van der Waals surface area (Å²) in [6.45, 7) is 2.03. The molecule has 2 atom stereocenters. The average Bonchev–Trinajstić information content (AvgIpc) is 2.98. The van der Waals surface area contributed by atoms with Crippen LogP contribution in [0.4, 0.5) is 0 Å². The maximum absolute atomic E-state index is 13.3. The van der Waals surface area contributed by atoms with Gasteiger partial charge in [0.1, 0.15) is 6.04 Å². The van der Waals surface area contributed by atoms with Crippen LogP contribution in [0.15, 0.2) is 18.2 Å². The largest absolute Gasteiger partial charge is 0.327 e. The molecule has 1 aliphatic carbocycles. The molecule has 29 heavy (non-hydrogen) atoms. The number of amides is 3. The van der Waals surface area contributed by atoms with Gasteiger partial charge < -0.3 is 10.6 Å². The van der Waals surface area contributed by atoms with E-state index in [1.54, 1.807) is 4.90 Å². The zero-order chi connectivity index (χ0) is 20.2. The van der Waals surface area contributed by atoms with Crippen LogP contribution in [0.1, 0.15) is 66.4 Å². The SMILES string of the molecule is NC1CCC2(CCC2)N(Cc2cccc3c2C(=O)N(C2CCC(=O)NC2=O)C3)C1. The van der Waals surface area contributed by atoms with Gasteiger partial charge in [0.25, 0.3) is 5.91 Å². The number of benzene rings is 1. The summed E-state index contributed by atoms with van der Waals surface area (Å²) in [6.07, 6.45) is 6.57. The van der Waals surface area contributed by atoms with E-state index in [1.807, 2.05) is 18.2 Å². The maximum atomic E-state index is 13.3. The number of rotatable bonds is 3. The number of likely N-dealkylation sites (tertiary alicyclic amines) is 1. The molecule has 1 aromatic carbocycles. The van der Waals surface area contributed by atoms with Crippen LogP contribution in [-0.2, 0) is 22.7 Å². The highest BCUT2D eigenvalue weighted by atomic mass is 16.2. The van der Waals surface area contributed by atoms with Crippen molar-refractivity contribution in [2.45, 2.75) is 75.7 Å². The van der Waals surface area contributed by atoms with Crippen LogP contribution in [0.3, 0.4) is 0 Å². The molecule has 1 saturated carbocycles. The number of carbonyl (C=O) groups is 3. The van der Waals surface area contributed by atoms with Crippen molar-refractivity contribution >= 4 is 17.7 Å². The highest BCUT2D eigenvalue weighted by Gasteiger charge is 2.46. The van der Waals surface area contributed by atoms with Crippen molar-refractivity contribution in [2.75, 3.05) is 6.54 Å². The molecule has 1 spiro atoms. The van der Waals surface area contributed by atoms with E-state index in [-0.39, 0.29) is 35.7 Å². The van der Waals surface area contributed by atoms with Gasteiger partial charge in [-0.25, -0.2) is 0 Å². The number of nitrogens with one attached hydrogen (secondary N) is 1. The second-order valence-electron chi connectivity index (χ2n) is 9.11. The van der Waals surface area contributed by atoms with E-state index < -0.39 is 6.04 Å². The number of imide groups is 1. The molecule has 0 aromatic heterocycles. The van der Waals surface area contributed by atoms with Crippen LogP contribution in [0.2, 0.25) is 0 Å². The molecule has 4 aliphatic rings. The van der Waals surface area contributed by atoms with Gasteiger partial charge in [0, 0.05) is 43.2 Å². The zero-order valence-electron chi connectivity index (χ0n) is 16.7. The molecular weight excluding hydrogens is 368 g/mol. The molecular formula is C22H28N4O3. The van der Waals surface area contributed by atoms with Crippen molar-refractivity contribution < 1.29 is 14.4 Å². The first-order valence-electron chi connectivity index (χ1n) is 10.7. The second kappa shape index (κ2) is 6.92. The lowest BCUT2D eigenvalue weighted by molar-refractivity contribution is -0.136. The molecule has 0 bridgehead atoms. The molecule has 0 radical (unpaired) electrons. The van der Waals surface area contributed by atoms with Crippen molar-refractivity contribution in [3.8, 4) is 0 Å². The standard InChI is InChI=1S/C22H28N4O3/c23-16-7-10-22(8-2-9-22)25(13-16)11-14-3-1-4-15-12-26(21(29)19(14)15)17-5-6-18(27)24-20(17)28/h1,3-4,16-17H,2,5-13,23H2,(H,24,27,28). The van der Waals surface area contributed by atoms with Crippen LogP contribution in [0.5, 0.6) is 0 Å². The summed E-state index contributed by atoms with van der Waals surface area (Å²) in [5.74, 6) is -0.711. The third kappa shape index (κ3) is 3.07. The van der Waals surface area contributed by atoms with E-state index in [2.05, 4.69) is 10.2 Å². The predicted molar refractivity (Wildman–Crippen MR) is 107 cm³/mol. The quantitative estimate of drug-likeness (QED) is 0.751. The Labute approximate surface area is 170 Å². The summed E-state index contributed by atoms with van der Waals surface area (Å²) in [5, 5.41) is 2.37. The Bertz CT molecular complexity index is 879. The van der Waals surface area contributed by atoms with Crippen molar-refractivity contribution in [2.24, 2.45) is 5.73 Å². The number of nitrogens with zero attached hydrogens (tertiary/aromatic N) is 2. The van der Waals surface area contributed by atoms with E-state index in [9.17, 15) is 14.4 Å². The Balaban J connectivity index is 1.40. The van der Waals surface area contributed by atoms with Crippen molar-refractivity contribution in [1.29, 1.82) is 0 Å². The van der Waals surface area contributed by atoms with Gasteiger partial charge in [-0.2, -0.15) is 0 Å². The molecule has 7 nitrogen and oxygen atoms in total. The molecule has 3 fully saturated rings. The molecule has 3 N–H and O–H groups in total. The van der Waals surface area contributed by atoms with Crippen LogP contribution in [0, 0.1) is 0 Å². The van der Waals surface area contributed by atoms with Crippen LogP contribution in [-0.4, -0.2) is 51.7 Å². The zero-order valence-corrected chi connectivity index (χ0v) is 16.7. The summed E-state index contributed by atoms with van der Waals surface area (Å²) in [5.41, 5.74) is 9.27. The van der Waals surface area contributed by atoms with Gasteiger partial charge in [0.15, 0.2) is 0 Å². The van der Waals surface area contributed by atoms with Crippen LogP contribution < -0.4 is 11.1 Å². The minimum atomic E-state index is -0.568. The monoisotopic (exact) mass is 396 g/mol. The number of hydrogen-bond acceptors (Lipinski definition) is 5. The van der Waals surface area contributed by atoms with Gasteiger partial charge in [0.2, 0.25) is 11.8 Å². The van der Waals surface area contributed by atoms with Crippen molar-refractivity contribution in [1.82, 2.24) is 15.1 Å². The molecule has 5 rings (SSSR count). The van der Waals surface area contributed by atoms with E-state index >= 15 is 0 Å². The number of piperidine rings is 2. The van der Waals surface area contributed by atoms with E-state index in [1.165, 1.54) is 19.3 Å². The third-order valence-corrected chi connectivity index (χ3v) is 7.39. The molecule has 2 saturated heterocycles. The Morgan fingerprint density at radius 1 is 1.14 bits per heavy atom. The number of carbonyl (C=O) groups excluding carboxylic acids is 3. The predicted octanol–water partition coefficient (Wildman–Crippen LogP) is 1.29. The highest BCUT2D eigenvalue weighted by Crippen LogP contribution is 2.45. The van der Waals surface area contributed by atoms with Gasteiger partial charge in [0.05, 0.1) is 0 Å². The Kier molecular flexibility index (Phi) is 4.47. The van der Waals surface area contributed by atoms with Crippen molar-refractivity contribution in [3.05, 3.63) is 34.9 Å². The van der Waals surface area contributed by atoms with E-state index in [0.717, 1.165) is 42.6 Å². The summed E-state index contributed by atoms with van der Waals surface area (Å²) >= 11 is 0. The second-order valence-corrected chi connectivity index (χ2v) is 9.11. The fraction of sp³-hybridized carbons (Fsp3) is 0.591. The average molecular weight is 396 g/mol. The fourth-order valence-corrected chi connectivity index (χ4v) is 5.59. The normalized spacial score (nSPS) is 29.0. The first-order valence-corrected chi connectivity index (χ1v) is 10.7. The first kappa shape index (κ1) is 18.8. The van der Waals surface area contributed by atoms with Crippen LogP contribution >= 0.6 is 0 Å². The van der Waals surface area contributed by atoms with Gasteiger partial charge in [-0.15, -0.1) is 0 Å². The topological polar surface area (TPSA) is 95.7 Å². The maximum Gasteiger partial charge on any atom is 0.255 e. The molecule has 3 aliphatic heterocycles. The lowest BCUT2D eigenvalue weighted by Gasteiger charge is -2.55.